The van der Waals surface area contributed by atoms with Crippen LogP contribution in [0.5, 0.6) is 5.75 Å². The molecule has 2 N–H and O–H groups in total. The number of alkyl halides is 1. The van der Waals surface area contributed by atoms with Crippen LogP contribution in [0.1, 0.15) is 43.5 Å². The third-order valence-corrected chi connectivity index (χ3v) is 3.47. The Morgan fingerprint density at radius 3 is 2.56 bits per heavy atom. The minimum absolute atomic E-state index is 0.343. The molecule has 1 atom stereocenters. The highest BCUT2D eigenvalue weighted by atomic mass is 19.1. The maximum Gasteiger partial charge on any atom is 0.126 e. The average Bonchev–Trinajstić information content (AvgIpc) is 2.24. The summed E-state index contributed by atoms with van der Waals surface area (Å²) in [5.41, 5.74) is 7.45. The molecule has 3 heteroatoms. The van der Waals surface area contributed by atoms with Crippen molar-refractivity contribution >= 4 is 0 Å². The molecule has 1 aliphatic carbocycles. The Bertz CT molecular complexity index is 386. The van der Waals surface area contributed by atoms with E-state index in [0.29, 0.717) is 11.3 Å². The maximum absolute atomic E-state index is 13.7. The van der Waals surface area contributed by atoms with Crippen molar-refractivity contribution < 1.29 is 9.13 Å². The molecular formula is C13H18FNO. The predicted molar refractivity (Wildman–Crippen MR) is 62.2 cm³/mol. The van der Waals surface area contributed by atoms with Crippen molar-refractivity contribution in [2.24, 2.45) is 5.73 Å². The zero-order chi connectivity index (χ0) is 11.8. The van der Waals surface area contributed by atoms with Gasteiger partial charge in [0, 0.05) is 11.1 Å². The third kappa shape index (κ3) is 1.69. The highest BCUT2D eigenvalue weighted by Gasteiger charge is 2.37. The van der Waals surface area contributed by atoms with Crippen molar-refractivity contribution in [1.82, 2.24) is 0 Å². The summed E-state index contributed by atoms with van der Waals surface area (Å²) >= 11 is 0. The molecule has 0 radical (unpaired) electrons. The second-order valence-electron chi connectivity index (χ2n) is 4.55. The first-order chi connectivity index (χ1) is 7.58. The molecule has 0 amide bonds. The van der Waals surface area contributed by atoms with Crippen LogP contribution >= 0.6 is 0 Å². The number of nitrogens with two attached hydrogens (primary N) is 1. The van der Waals surface area contributed by atoms with Gasteiger partial charge in [-0.2, -0.15) is 0 Å². The lowest BCUT2D eigenvalue weighted by molar-refractivity contribution is 0.243. The lowest BCUT2D eigenvalue weighted by Gasteiger charge is -2.40. The van der Waals surface area contributed by atoms with Gasteiger partial charge in [-0.1, -0.05) is 12.1 Å². The van der Waals surface area contributed by atoms with E-state index in [2.05, 4.69) is 0 Å². The fourth-order valence-electron chi connectivity index (χ4n) is 2.39. The molecule has 88 valence electrons. The molecule has 1 saturated carbocycles. The van der Waals surface area contributed by atoms with E-state index in [1.807, 2.05) is 12.1 Å². The van der Waals surface area contributed by atoms with Gasteiger partial charge in [0.25, 0.3) is 0 Å². The van der Waals surface area contributed by atoms with Gasteiger partial charge in [0.05, 0.1) is 7.11 Å². The van der Waals surface area contributed by atoms with Crippen molar-refractivity contribution in [2.45, 2.75) is 37.9 Å². The Labute approximate surface area is 95.6 Å². The topological polar surface area (TPSA) is 35.2 Å². The monoisotopic (exact) mass is 223 g/mol. The number of hydrogen-bond donors (Lipinski definition) is 1. The second kappa shape index (κ2) is 4.06. The lowest BCUT2D eigenvalue weighted by atomic mass is 9.71. The molecule has 1 aromatic carbocycles. The van der Waals surface area contributed by atoms with Gasteiger partial charge in [-0.15, -0.1) is 0 Å². The number of hydrogen-bond acceptors (Lipinski definition) is 2. The van der Waals surface area contributed by atoms with Gasteiger partial charge in [-0.25, -0.2) is 4.39 Å². The molecule has 1 aliphatic rings. The van der Waals surface area contributed by atoms with Gasteiger partial charge in [0.15, 0.2) is 0 Å². The molecule has 0 spiro atoms. The molecule has 0 heterocycles. The van der Waals surface area contributed by atoms with Crippen LogP contribution in [0.3, 0.4) is 0 Å². The number of methoxy groups -OCH3 is 1. The summed E-state index contributed by atoms with van der Waals surface area (Å²) in [6.07, 6.45) is 1.93. The highest BCUT2D eigenvalue weighted by molar-refractivity contribution is 5.46. The Kier molecular flexibility index (Phi) is 2.89. The molecule has 1 aromatic rings. The Balaban J connectivity index is 2.51. The summed E-state index contributed by atoms with van der Waals surface area (Å²) in [4.78, 5) is 0. The molecule has 1 fully saturated rings. The van der Waals surface area contributed by atoms with Crippen LogP contribution in [0.4, 0.5) is 4.39 Å². The van der Waals surface area contributed by atoms with Gasteiger partial charge >= 0.3 is 0 Å². The fraction of sp³-hybridized carbons (Fsp3) is 0.538. The first kappa shape index (κ1) is 11.4. The van der Waals surface area contributed by atoms with Gasteiger partial charge in [-0.3, -0.25) is 0 Å². The van der Waals surface area contributed by atoms with E-state index in [-0.39, 0.29) is 5.54 Å². The molecular weight excluding hydrogens is 205 g/mol. The van der Waals surface area contributed by atoms with Gasteiger partial charge in [0.2, 0.25) is 0 Å². The van der Waals surface area contributed by atoms with Crippen molar-refractivity contribution in [2.75, 3.05) is 7.11 Å². The van der Waals surface area contributed by atoms with E-state index in [1.165, 1.54) is 6.92 Å². The van der Waals surface area contributed by atoms with Crippen LogP contribution in [-0.4, -0.2) is 7.11 Å². The summed E-state index contributed by atoms with van der Waals surface area (Å²) in [5, 5.41) is 0. The first-order valence-corrected chi connectivity index (χ1v) is 5.69. The second-order valence-corrected chi connectivity index (χ2v) is 4.55. The molecule has 1 unspecified atom stereocenters. The number of benzene rings is 1. The van der Waals surface area contributed by atoms with Gasteiger partial charge in [-0.05, 0) is 37.8 Å². The van der Waals surface area contributed by atoms with E-state index in [1.54, 1.807) is 13.2 Å². The van der Waals surface area contributed by atoms with Gasteiger partial charge in [0.1, 0.15) is 11.9 Å². The van der Waals surface area contributed by atoms with Crippen LogP contribution in [0.25, 0.3) is 0 Å². The summed E-state index contributed by atoms with van der Waals surface area (Å²) in [6.45, 7) is 1.53. The predicted octanol–water partition coefficient (Wildman–Crippen LogP) is 3.06. The van der Waals surface area contributed by atoms with Crippen LogP contribution in [0, 0.1) is 0 Å². The van der Waals surface area contributed by atoms with E-state index in [0.717, 1.165) is 24.8 Å². The first-order valence-electron chi connectivity index (χ1n) is 5.69. The smallest absolute Gasteiger partial charge is 0.126 e. The Hall–Kier alpha value is -1.09. The van der Waals surface area contributed by atoms with Crippen molar-refractivity contribution in [3.8, 4) is 5.75 Å². The quantitative estimate of drug-likeness (QED) is 0.854. The lowest BCUT2D eigenvalue weighted by Crippen LogP contribution is -2.44. The van der Waals surface area contributed by atoms with Crippen molar-refractivity contribution in [3.63, 3.8) is 0 Å². The summed E-state index contributed by atoms with van der Waals surface area (Å²) in [5.74, 6) is 0.601. The van der Waals surface area contributed by atoms with Crippen LogP contribution in [0.15, 0.2) is 18.2 Å². The molecule has 0 saturated heterocycles. The van der Waals surface area contributed by atoms with Gasteiger partial charge < -0.3 is 10.5 Å². The molecule has 0 aliphatic heterocycles. The standard InChI is InChI=1S/C13H18FNO/c1-9(14)12-10(13(15)7-4-8-13)5-3-6-11(12)16-2/h3,5-6,9H,4,7-8,15H2,1-2H3. The minimum atomic E-state index is -1.05. The summed E-state index contributed by atoms with van der Waals surface area (Å²) < 4.78 is 18.9. The van der Waals surface area contributed by atoms with E-state index in [9.17, 15) is 4.39 Å². The van der Waals surface area contributed by atoms with Crippen molar-refractivity contribution in [3.05, 3.63) is 29.3 Å². The minimum Gasteiger partial charge on any atom is -0.496 e. The van der Waals surface area contributed by atoms with E-state index in [4.69, 9.17) is 10.5 Å². The summed E-state index contributed by atoms with van der Waals surface area (Å²) in [6, 6.07) is 5.59. The maximum atomic E-state index is 13.7. The van der Waals surface area contributed by atoms with Crippen LogP contribution < -0.4 is 10.5 Å². The van der Waals surface area contributed by atoms with E-state index >= 15 is 0 Å². The molecule has 0 aromatic heterocycles. The zero-order valence-corrected chi connectivity index (χ0v) is 9.79. The SMILES string of the molecule is COc1cccc(C2(N)CCC2)c1C(C)F. The molecule has 0 bridgehead atoms. The number of rotatable bonds is 3. The van der Waals surface area contributed by atoms with Crippen molar-refractivity contribution in [1.29, 1.82) is 0 Å². The Morgan fingerprint density at radius 1 is 1.44 bits per heavy atom. The van der Waals surface area contributed by atoms with Crippen LogP contribution in [-0.2, 0) is 5.54 Å². The molecule has 2 nitrogen and oxygen atoms in total. The third-order valence-electron chi connectivity index (χ3n) is 3.47. The largest absolute Gasteiger partial charge is 0.496 e. The molecule has 2 rings (SSSR count). The highest BCUT2D eigenvalue weighted by Crippen LogP contribution is 2.44. The summed E-state index contributed by atoms with van der Waals surface area (Å²) in [7, 11) is 1.56. The molecule has 16 heavy (non-hydrogen) atoms. The average molecular weight is 223 g/mol. The van der Waals surface area contributed by atoms with E-state index < -0.39 is 6.17 Å². The number of ether oxygens (including phenoxy) is 1. The Morgan fingerprint density at radius 2 is 2.12 bits per heavy atom. The normalized spacial score (nSPS) is 20.0. The fourth-order valence-corrected chi connectivity index (χ4v) is 2.39. The van der Waals surface area contributed by atoms with Crippen LogP contribution in [0.2, 0.25) is 0 Å². The number of halogens is 1. The zero-order valence-electron chi connectivity index (χ0n) is 9.79.